The van der Waals surface area contributed by atoms with Crippen LogP contribution < -0.4 is 4.74 Å². The molecule has 0 saturated carbocycles. The van der Waals surface area contributed by atoms with Gasteiger partial charge in [0, 0.05) is 11.0 Å². The van der Waals surface area contributed by atoms with Gasteiger partial charge in [0.2, 0.25) is 0 Å². The molecule has 0 spiro atoms. The third kappa shape index (κ3) is 4.37. The molecule has 0 amide bonds. The van der Waals surface area contributed by atoms with Crippen molar-refractivity contribution in [3.63, 3.8) is 0 Å². The second kappa shape index (κ2) is 8.09. The average molecular weight is 360 g/mol. The van der Waals surface area contributed by atoms with Crippen LogP contribution in [0.1, 0.15) is 35.6 Å². The van der Waals surface area contributed by atoms with Crippen LogP contribution in [0.2, 0.25) is 0 Å². The fraction of sp³-hybridized carbons (Fsp3) is 0.208. The number of aliphatic carboxylic acids is 1. The first-order chi connectivity index (χ1) is 13.0. The van der Waals surface area contributed by atoms with Gasteiger partial charge in [-0.2, -0.15) is 0 Å². The van der Waals surface area contributed by atoms with Gasteiger partial charge in [0.25, 0.3) is 0 Å². The van der Waals surface area contributed by atoms with Gasteiger partial charge in [0.05, 0.1) is 6.42 Å². The van der Waals surface area contributed by atoms with Gasteiger partial charge in [-0.05, 0) is 24.1 Å². The molecule has 0 aliphatic carbocycles. The van der Waals surface area contributed by atoms with E-state index in [1.165, 1.54) is 0 Å². The molecule has 1 atom stereocenters. The molecule has 0 bridgehead atoms. The molecular formula is C24H24O3. The molecule has 0 heterocycles. The van der Waals surface area contributed by atoms with Crippen molar-refractivity contribution in [3.05, 3.63) is 101 Å². The van der Waals surface area contributed by atoms with Gasteiger partial charge >= 0.3 is 5.97 Å². The maximum atomic E-state index is 11.7. The van der Waals surface area contributed by atoms with Gasteiger partial charge in [-0.3, -0.25) is 4.79 Å². The Balaban J connectivity index is 2.03. The topological polar surface area (TPSA) is 46.5 Å². The normalized spacial score (nSPS) is 13.0. The van der Waals surface area contributed by atoms with Crippen LogP contribution in [0.4, 0.5) is 0 Å². The number of carbonyl (C=O) groups is 1. The third-order valence-corrected chi connectivity index (χ3v) is 4.88. The molecule has 0 aliphatic heterocycles. The Morgan fingerprint density at radius 2 is 1.59 bits per heavy atom. The van der Waals surface area contributed by atoms with E-state index in [1.54, 1.807) is 0 Å². The lowest BCUT2D eigenvalue weighted by Gasteiger charge is -2.31. The number of aryl methyl sites for hydroxylation is 1. The van der Waals surface area contributed by atoms with Gasteiger partial charge < -0.3 is 9.84 Å². The molecule has 1 N–H and O–H groups in total. The molecule has 0 radical (unpaired) electrons. The smallest absolute Gasteiger partial charge is 0.304 e. The highest BCUT2D eigenvalue weighted by atomic mass is 16.5. The van der Waals surface area contributed by atoms with E-state index in [9.17, 15) is 9.90 Å². The lowest BCUT2D eigenvalue weighted by atomic mass is 9.73. The predicted octanol–water partition coefficient (Wildman–Crippen LogP) is 5.35. The number of rotatable bonds is 7. The summed E-state index contributed by atoms with van der Waals surface area (Å²) in [6, 6.07) is 25.7. The summed E-state index contributed by atoms with van der Waals surface area (Å²) in [5, 5.41) is 9.60. The first kappa shape index (κ1) is 18.7. The summed E-state index contributed by atoms with van der Waals surface area (Å²) >= 11 is 0. The van der Waals surface area contributed by atoms with Crippen LogP contribution in [-0.2, 0) is 16.8 Å². The second-order valence-electron chi connectivity index (χ2n) is 7.04. The summed E-state index contributed by atoms with van der Waals surface area (Å²) in [6.07, 6.45) is -0.0117. The van der Waals surface area contributed by atoms with Crippen LogP contribution in [0.25, 0.3) is 0 Å². The van der Waals surface area contributed by atoms with Crippen molar-refractivity contribution in [1.29, 1.82) is 0 Å². The minimum atomic E-state index is -0.836. The SMILES string of the molecule is Cc1ccc(OCc2ccccc2)c(C(C)(CC(=O)O)c2ccccc2)c1. The van der Waals surface area contributed by atoms with Crippen molar-refractivity contribution in [2.75, 3.05) is 0 Å². The summed E-state index contributed by atoms with van der Waals surface area (Å²) in [5.41, 5.74) is 3.31. The standard InChI is InChI=1S/C24H24O3/c1-18-13-14-22(27-17-19-9-5-3-6-10-19)21(15-18)24(2,16-23(25)26)20-11-7-4-8-12-20/h3-15H,16-17H2,1-2H3,(H,25,26). The second-order valence-corrected chi connectivity index (χ2v) is 7.04. The molecule has 1 unspecified atom stereocenters. The molecule has 0 fully saturated rings. The number of carboxylic acid groups (broad SMARTS) is 1. The Morgan fingerprint density at radius 1 is 0.963 bits per heavy atom. The van der Waals surface area contributed by atoms with Crippen LogP contribution in [0, 0.1) is 6.92 Å². The summed E-state index contributed by atoms with van der Waals surface area (Å²) in [6.45, 7) is 4.42. The van der Waals surface area contributed by atoms with E-state index >= 15 is 0 Å². The first-order valence-electron chi connectivity index (χ1n) is 9.04. The van der Waals surface area contributed by atoms with Crippen molar-refractivity contribution in [3.8, 4) is 5.75 Å². The zero-order valence-electron chi connectivity index (χ0n) is 15.7. The molecular weight excluding hydrogens is 336 g/mol. The highest BCUT2D eigenvalue weighted by Gasteiger charge is 2.34. The van der Waals surface area contributed by atoms with Crippen LogP contribution in [0.15, 0.2) is 78.9 Å². The molecule has 3 rings (SSSR count). The van der Waals surface area contributed by atoms with E-state index in [0.29, 0.717) is 6.61 Å². The number of hydrogen-bond donors (Lipinski definition) is 1. The van der Waals surface area contributed by atoms with Crippen LogP contribution in [-0.4, -0.2) is 11.1 Å². The van der Waals surface area contributed by atoms with Gasteiger partial charge in [-0.1, -0.05) is 85.3 Å². The monoisotopic (exact) mass is 360 g/mol. The summed E-state index contributed by atoms with van der Waals surface area (Å²) in [7, 11) is 0. The maximum absolute atomic E-state index is 11.7. The van der Waals surface area contributed by atoms with E-state index in [2.05, 4.69) is 0 Å². The van der Waals surface area contributed by atoms with Crippen molar-refractivity contribution < 1.29 is 14.6 Å². The fourth-order valence-electron chi connectivity index (χ4n) is 3.40. The van der Waals surface area contributed by atoms with E-state index in [0.717, 1.165) is 28.0 Å². The Kier molecular flexibility index (Phi) is 5.60. The molecule has 0 aromatic heterocycles. The number of ether oxygens (including phenoxy) is 1. The summed E-state index contributed by atoms with van der Waals surface area (Å²) in [5.74, 6) is -0.117. The number of hydrogen-bond acceptors (Lipinski definition) is 2. The minimum Gasteiger partial charge on any atom is -0.489 e. The quantitative estimate of drug-likeness (QED) is 0.617. The van der Waals surface area contributed by atoms with Crippen LogP contribution in [0.3, 0.4) is 0 Å². The lowest BCUT2D eigenvalue weighted by molar-refractivity contribution is -0.138. The van der Waals surface area contributed by atoms with Crippen molar-refractivity contribution >= 4 is 5.97 Å². The lowest BCUT2D eigenvalue weighted by Crippen LogP contribution is -2.28. The Labute approximate surface area is 160 Å². The average Bonchev–Trinajstić information content (AvgIpc) is 2.68. The molecule has 0 aliphatic rings. The van der Waals surface area contributed by atoms with Crippen molar-refractivity contribution in [2.45, 2.75) is 32.3 Å². The van der Waals surface area contributed by atoms with Gasteiger partial charge in [-0.25, -0.2) is 0 Å². The molecule has 3 nitrogen and oxygen atoms in total. The first-order valence-corrected chi connectivity index (χ1v) is 9.04. The molecule has 3 heteroatoms. The Morgan fingerprint density at radius 3 is 2.22 bits per heavy atom. The highest BCUT2D eigenvalue weighted by molar-refractivity contribution is 5.71. The van der Waals surface area contributed by atoms with Gasteiger partial charge in [0.1, 0.15) is 12.4 Å². The van der Waals surface area contributed by atoms with Gasteiger partial charge in [0.15, 0.2) is 0 Å². The largest absolute Gasteiger partial charge is 0.489 e. The maximum Gasteiger partial charge on any atom is 0.304 e. The summed E-state index contributed by atoms with van der Waals surface area (Å²) in [4.78, 5) is 11.7. The van der Waals surface area contributed by atoms with E-state index < -0.39 is 11.4 Å². The zero-order valence-corrected chi connectivity index (χ0v) is 15.7. The minimum absolute atomic E-state index is 0.0117. The van der Waals surface area contributed by atoms with E-state index in [1.807, 2.05) is 92.7 Å². The van der Waals surface area contributed by atoms with Crippen LogP contribution >= 0.6 is 0 Å². The van der Waals surface area contributed by atoms with E-state index in [-0.39, 0.29) is 6.42 Å². The van der Waals surface area contributed by atoms with Gasteiger partial charge in [-0.15, -0.1) is 0 Å². The van der Waals surface area contributed by atoms with E-state index in [4.69, 9.17) is 4.74 Å². The predicted molar refractivity (Wildman–Crippen MR) is 107 cm³/mol. The van der Waals surface area contributed by atoms with Crippen molar-refractivity contribution in [2.24, 2.45) is 0 Å². The Hall–Kier alpha value is -3.07. The molecule has 3 aromatic rings. The molecule has 138 valence electrons. The molecule has 27 heavy (non-hydrogen) atoms. The molecule has 3 aromatic carbocycles. The zero-order chi connectivity index (χ0) is 19.3. The highest BCUT2D eigenvalue weighted by Crippen LogP contribution is 2.41. The molecule has 0 saturated heterocycles. The van der Waals surface area contributed by atoms with Crippen molar-refractivity contribution in [1.82, 2.24) is 0 Å². The third-order valence-electron chi connectivity index (χ3n) is 4.88. The fourth-order valence-corrected chi connectivity index (χ4v) is 3.40. The Bertz CT molecular complexity index is 903. The number of benzene rings is 3. The summed E-state index contributed by atoms with van der Waals surface area (Å²) < 4.78 is 6.13. The number of carboxylic acids is 1. The van der Waals surface area contributed by atoms with Crippen LogP contribution in [0.5, 0.6) is 5.75 Å².